The van der Waals surface area contributed by atoms with Crippen molar-refractivity contribution in [3.63, 3.8) is 0 Å². The summed E-state index contributed by atoms with van der Waals surface area (Å²) in [5, 5.41) is 0. The molecule has 6 aliphatic heterocycles. The van der Waals surface area contributed by atoms with E-state index in [2.05, 4.69) is 9.97 Å². The number of rotatable bonds is 10. The lowest BCUT2D eigenvalue weighted by Gasteiger charge is -2.17. The van der Waals surface area contributed by atoms with Gasteiger partial charge in [-0.15, -0.1) is 0 Å². The smallest absolute Gasteiger partial charge is 0.266 e. The van der Waals surface area contributed by atoms with Crippen LogP contribution in [-0.4, -0.2) is 105 Å². The lowest BCUT2D eigenvalue weighted by molar-refractivity contribution is 0.0678. The van der Waals surface area contributed by atoms with Crippen molar-refractivity contribution in [2.24, 2.45) is 0 Å². The number of benzene rings is 11. The maximum atomic E-state index is 13.9. The van der Waals surface area contributed by atoms with Crippen LogP contribution in [0, 0.1) is 13.8 Å². The molecule has 6 aliphatic rings. The van der Waals surface area contributed by atoms with Gasteiger partial charge >= 0.3 is 0 Å². The van der Waals surface area contributed by atoms with Gasteiger partial charge in [-0.3, -0.25) is 67.3 Å². The van der Waals surface area contributed by atoms with Gasteiger partial charge in [0.2, 0.25) is 0 Å². The molecule has 11 aromatic carbocycles. The molecule has 21 heteroatoms. The summed E-state index contributed by atoms with van der Waals surface area (Å²) in [7, 11) is 2.85. The van der Waals surface area contributed by atoms with Gasteiger partial charge in [-0.25, -0.2) is 24.6 Å². The topological polar surface area (TPSA) is 262 Å². The van der Waals surface area contributed by atoms with Gasteiger partial charge in [0.1, 0.15) is 17.3 Å². The molecule has 7 heterocycles. The zero-order valence-electron chi connectivity index (χ0n) is 55.3. The number of aromatic nitrogens is 2. The first-order chi connectivity index (χ1) is 50.2. The molecule has 1 N–H and O–H groups in total. The highest BCUT2D eigenvalue weighted by Gasteiger charge is 2.43. The van der Waals surface area contributed by atoms with Crippen LogP contribution in [-0.2, 0) is 0 Å². The van der Waals surface area contributed by atoms with Gasteiger partial charge < -0.3 is 9.72 Å². The summed E-state index contributed by atoms with van der Waals surface area (Å²) in [5.41, 5.74) is 12.5. The highest BCUT2D eigenvalue weighted by molar-refractivity contribution is 6.38. The van der Waals surface area contributed by atoms with Crippen LogP contribution in [0.15, 0.2) is 224 Å². The van der Waals surface area contributed by atoms with E-state index in [0.29, 0.717) is 84.3 Å². The number of ether oxygens (including phenoxy) is 1. The average Bonchev–Trinajstić information content (AvgIpc) is 1.60. The number of carbonyl (C=O) groups excluding carboxylic acids is 12. The number of anilines is 4. The molecular formula is C83H50N8O13. The Morgan fingerprint density at radius 2 is 0.510 bits per heavy atom. The molecule has 0 saturated carbocycles. The zero-order chi connectivity index (χ0) is 72.0. The number of imidazole rings is 1. The van der Waals surface area contributed by atoms with Gasteiger partial charge in [0.25, 0.3) is 70.9 Å². The van der Waals surface area contributed by atoms with Crippen molar-refractivity contribution in [1.29, 1.82) is 0 Å². The van der Waals surface area contributed by atoms with Crippen LogP contribution >= 0.6 is 0 Å². The quantitative estimate of drug-likeness (QED) is 0.125. The van der Waals surface area contributed by atoms with Crippen molar-refractivity contribution in [3.8, 4) is 56.3 Å². The Bertz CT molecular complexity index is 6000. The van der Waals surface area contributed by atoms with Crippen LogP contribution < -0.4 is 24.3 Å². The maximum absolute atomic E-state index is 13.9. The Hall–Kier alpha value is -14.5. The van der Waals surface area contributed by atoms with Crippen LogP contribution in [0.4, 0.5) is 22.7 Å². The summed E-state index contributed by atoms with van der Waals surface area (Å²) < 4.78 is 5.85. The number of hydrogen-bond donors (Lipinski definition) is 1. The van der Waals surface area contributed by atoms with Gasteiger partial charge in [-0.2, -0.15) is 0 Å². The SMILES string of the molecule is Cc1ccc(Oc2ccc(N3C(=O)c4ccc(-c5ccc6c(c5)C(=O)N(C)C6=O)cc4C3=O)cc2)cc1.Cc1ccc2nc(-c3ccc(N4C(=O)c5ccc(-c6ccc7c(c6)C(=O)N(c6ccc(N8C(=O)c9ccc(-c%10ccc%11c(c%10)C(=O)N(C)C%11=O)cc9C8=O)cc6)C7=O)cc5C4=O)cc3)[nH]c2c1. The molecule has 0 unspecified atom stereocenters. The molecule has 0 radical (unpaired) electrons. The Balaban J connectivity index is 0.000000182. The number of H-pyrrole nitrogens is 1. The largest absolute Gasteiger partial charge is 0.457 e. The molecule has 21 nitrogen and oxygen atoms in total. The molecule has 0 bridgehead atoms. The Morgan fingerprint density at radius 3 is 0.846 bits per heavy atom. The van der Waals surface area contributed by atoms with E-state index in [4.69, 9.17) is 4.74 Å². The predicted molar refractivity (Wildman–Crippen MR) is 383 cm³/mol. The van der Waals surface area contributed by atoms with Crippen molar-refractivity contribution in [1.82, 2.24) is 19.8 Å². The van der Waals surface area contributed by atoms with Crippen molar-refractivity contribution < 1.29 is 62.3 Å². The third-order valence-corrected chi connectivity index (χ3v) is 19.5. The number of imide groups is 6. The first-order valence-electron chi connectivity index (χ1n) is 32.7. The Labute approximate surface area is 590 Å². The van der Waals surface area contributed by atoms with Gasteiger partial charge in [-0.1, -0.05) is 60.2 Å². The third-order valence-electron chi connectivity index (χ3n) is 19.5. The van der Waals surface area contributed by atoms with E-state index < -0.39 is 59.1 Å². The second-order valence-electron chi connectivity index (χ2n) is 25.8. The number of hydrogen-bond acceptors (Lipinski definition) is 14. The number of aromatic amines is 1. The summed E-state index contributed by atoms with van der Waals surface area (Å²) >= 11 is 0. The first-order valence-corrected chi connectivity index (χ1v) is 32.7. The summed E-state index contributed by atoms with van der Waals surface area (Å²) in [6.45, 7) is 4.00. The minimum Gasteiger partial charge on any atom is -0.457 e. The van der Waals surface area contributed by atoms with E-state index in [9.17, 15) is 57.5 Å². The molecule has 12 amide bonds. The number of amides is 12. The fourth-order valence-electron chi connectivity index (χ4n) is 13.9. The molecule has 1 aromatic heterocycles. The molecule has 0 aliphatic carbocycles. The number of aryl methyl sites for hydroxylation is 2. The van der Waals surface area contributed by atoms with E-state index in [1.807, 2.05) is 56.3 Å². The zero-order valence-corrected chi connectivity index (χ0v) is 55.3. The average molecular weight is 1370 g/mol. The van der Waals surface area contributed by atoms with Crippen LogP contribution in [0.25, 0.3) is 55.8 Å². The van der Waals surface area contributed by atoms with Crippen LogP contribution in [0.2, 0.25) is 0 Å². The monoisotopic (exact) mass is 1370 g/mol. The molecule has 18 rings (SSSR count). The summed E-state index contributed by atoms with van der Waals surface area (Å²) in [5.74, 6) is -3.68. The molecule has 0 atom stereocenters. The second-order valence-corrected chi connectivity index (χ2v) is 25.8. The fourth-order valence-corrected chi connectivity index (χ4v) is 13.9. The molecule has 12 aromatic rings. The van der Waals surface area contributed by atoms with Gasteiger partial charge in [-0.05, 0) is 223 Å². The molecule has 0 saturated heterocycles. The standard InChI is InChI=1S/C53H30N6O8.C30H20N2O5/c1-26-3-20-43-44(21-26)55-45(54-43)27-4-10-32(11-5-27)57-48(62)36-18-8-30(24-40(36)51(57)65)31-9-19-38-42(25-31)53(67)59(50(38)64)34-14-12-33(13-15-34)58-49(63)37-17-7-29(23-41(37)52(58)66)28-6-16-35-39(22-28)47(61)56(2)46(35)60;1-17-3-9-21(10-4-17)37-22-11-7-20(8-12-22)32-29(35)24-14-6-19(16-26(24)30(32)36)18-5-13-23-25(15-18)28(34)31(2)27(23)33/h3-25H,1-2H3,(H,54,55);3-16H,1-2H3. The normalized spacial score (nSPS) is 14.8. The Morgan fingerprint density at radius 1 is 0.260 bits per heavy atom. The molecule has 104 heavy (non-hydrogen) atoms. The number of fused-ring (bicyclic) bond motifs is 7. The van der Waals surface area contributed by atoms with Crippen molar-refractivity contribution in [2.45, 2.75) is 13.8 Å². The van der Waals surface area contributed by atoms with Crippen LogP contribution in [0.1, 0.15) is 135 Å². The van der Waals surface area contributed by atoms with Gasteiger partial charge in [0.05, 0.1) is 101 Å². The van der Waals surface area contributed by atoms with E-state index in [1.165, 1.54) is 38.4 Å². The second kappa shape index (κ2) is 23.6. The van der Waals surface area contributed by atoms with Gasteiger partial charge in [0, 0.05) is 19.7 Å². The lowest BCUT2D eigenvalue weighted by atomic mass is 9.97. The van der Waals surface area contributed by atoms with Crippen LogP contribution in [0.3, 0.4) is 0 Å². The summed E-state index contributed by atoms with van der Waals surface area (Å²) in [6.07, 6.45) is 0. The van der Waals surface area contributed by atoms with E-state index in [1.54, 1.807) is 158 Å². The fraction of sp³-hybridized carbons (Fsp3) is 0.0482. The van der Waals surface area contributed by atoms with E-state index >= 15 is 0 Å². The van der Waals surface area contributed by atoms with Crippen molar-refractivity contribution in [2.75, 3.05) is 33.7 Å². The number of nitrogens with one attached hydrogen (secondary N) is 1. The molecule has 500 valence electrons. The lowest BCUT2D eigenvalue weighted by Crippen LogP contribution is -2.30. The van der Waals surface area contributed by atoms with E-state index in [-0.39, 0.29) is 67.7 Å². The van der Waals surface area contributed by atoms with Crippen molar-refractivity contribution >= 4 is 105 Å². The number of nitrogens with zero attached hydrogens (tertiary/aromatic N) is 7. The van der Waals surface area contributed by atoms with E-state index in [0.717, 1.165) is 57.1 Å². The maximum Gasteiger partial charge on any atom is 0.266 e. The number of carbonyl (C=O) groups is 12. The molecule has 0 fully saturated rings. The molecular weight excluding hydrogens is 1320 g/mol. The Kier molecular flexibility index (Phi) is 14.3. The minimum absolute atomic E-state index is 0.137. The summed E-state index contributed by atoms with van der Waals surface area (Å²) in [6, 6.07) is 62.6. The highest BCUT2D eigenvalue weighted by Crippen LogP contribution is 2.41. The third kappa shape index (κ3) is 9.96. The molecule has 0 spiro atoms. The summed E-state index contributed by atoms with van der Waals surface area (Å²) in [4.78, 5) is 173. The first kappa shape index (κ1) is 63.0. The van der Waals surface area contributed by atoms with Crippen LogP contribution in [0.5, 0.6) is 11.5 Å². The minimum atomic E-state index is -0.591. The van der Waals surface area contributed by atoms with Crippen molar-refractivity contribution in [3.05, 3.63) is 302 Å². The predicted octanol–water partition coefficient (Wildman–Crippen LogP) is 14.0. The highest BCUT2D eigenvalue weighted by atomic mass is 16.5. The van der Waals surface area contributed by atoms with Gasteiger partial charge in [0.15, 0.2) is 0 Å².